The average molecular weight is 502 g/mol. The minimum Gasteiger partial charge on any atom is -0.393 e. The average Bonchev–Trinajstić information content (AvgIpc) is 2.15. The van der Waals surface area contributed by atoms with Gasteiger partial charge in [-0.3, -0.25) is 9.59 Å². The number of hydrogen-bond acceptors (Lipinski definition) is 3. The summed E-state index contributed by atoms with van der Waals surface area (Å²) in [5, 5.41) is 0. The van der Waals surface area contributed by atoms with Gasteiger partial charge in [0.15, 0.2) is 0 Å². The summed E-state index contributed by atoms with van der Waals surface area (Å²) in [5.74, 6) is -0.880. The Labute approximate surface area is 135 Å². The zero-order valence-corrected chi connectivity index (χ0v) is 15.5. The van der Waals surface area contributed by atoms with Crippen molar-refractivity contribution in [3.63, 3.8) is 0 Å². The van der Waals surface area contributed by atoms with Crippen molar-refractivity contribution in [3.05, 3.63) is 0 Å². The van der Waals surface area contributed by atoms with Gasteiger partial charge in [0.25, 0.3) is 0 Å². The molecule has 0 saturated carbocycles. The molecule has 0 N–H and O–H groups in total. The molecule has 0 unspecified atom stereocenters. The fourth-order valence-corrected chi connectivity index (χ4v) is 2.33. The summed E-state index contributed by atoms with van der Waals surface area (Å²) in [7, 11) is 0. The molecule has 0 fully saturated rings. The second-order valence-corrected chi connectivity index (χ2v) is 10.3. The first kappa shape index (κ1) is 18.1. The van der Waals surface area contributed by atoms with E-state index < -0.39 is 11.9 Å². The smallest absolute Gasteiger partial charge is 0.313 e. The first-order valence-corrected chi connectivity index (χ1v) is 8.88. The van der Waals surface area contributed by atoms with Crippen LogP contribution >= 0.6 is 63.7 Å². The van der Waals surface area contributed by atoms with Crippen molar-refractivity contribution in [2.24, 2.45) is 0 Å². The van der Waals surface area contributed by atoms with Crippen LogP contribution in [0.3, 0.4) is 0 Å². The van der Waals surface area contributed by atoms with Gasteiger partial charge in [0.1, 0.15) is 0 Å². The van der Waals surface area contributed by atoms with Crippen LogP contribution in [-0.2, 0) is 14.3 Å². The lowest BCUT2D eigenvalue weighted by molar-refractivity contribution is -0.159. The normalized spacial score (nSPS) is 10.9. The fraction of sp³-hybridized carbons (Fsp3) is 0.800. The van der Waals surface area contributed by atoms with Gasteiger partial charge in [0, 0.05) is 12.8 Å². The van der Waals surface area contributed by atoms with E-state index in [0.29, 0.717) is 12.8 Å². The van der Waals surface area contributed by atoms with E-state index in [0.717, 1.165) is 12.8 Å². The molecule has 17 heavy (non-hydrogen) atoms. The Morgan fingerprint density at radius 2 is 1.18 bits per heavy atom. The van der Waals surface area contributed by atoms with Crippen molar-refractivity contribution >= 4 is 75.7 Å². The molecule has 0 saturated heterocycles. The lowest BCUT2D eigenvalue weighted by Crippen LogP contribution is -2.12. The Kier molecular flexibility index (Phi) is 11.6. The minimum atomic E-state index is -0.440. The highest BCUT2D eigenvalue weighted by Crippen LogP contribution is 2.17. The van der Waals surface area contributed by atoms with E-state index in [1.165, 1.54) is 0 Å². The van der Waals surface area contributed by atoms with Crippen molar-refractivity contribution in [1.29, 1.82) is 0 Å². The maximum absolute atomic E-state index is 11.2. The van der Waals surface area contributed by atoms with Crippen LogP contribution in [0.15, 0.2) is 0 Å². The summed E-state index contributed by atoms with van der Waals surface area (Å²) >= 11 is 13.2. The largest absolute Gasteiger partial charge is 0.393 e. The number of carbonyl (C=O) groups excluding carboxylic acids is 2. The van der Waals surface area contributed by atoms with E-state index in [9.17, 15) is 9.59 Å². The van der Waals surface area contributed by atoms with Gasteiger partial charge in [-0.15, -0.1) is 0 Å². The molecule has 0 aliphatic heterocycles. The lowest BCUT2D eigenvalue weighted by Gasteiger charge is -2.04. The van der Waals surface area contributed by atoms with Gasteiger partial charge in [-0.2, -0.15) is 0 Å². The quantitative estimate of drug-likeness (QED) is 0.277. The van der Waals surface area contributed by atoms with Crippen LogP contribution in [0.1, 0.15) is 38.5 Å². The fourth-order valence-electron chi connectivity index (χ4n) is 1.03. The number of ether oxygens (including phenoxy) is 1. The summed E-state index contributed by atoms with van der Waals surface area (Å²) in [4.78, 5) is 22.5. The maximum Gasteiger partial charge on any atom is 0.313 e. The number of halogens is 4. The van der Waals surface area contributed by atoms with Gasteiger partial charge < -0.3 is 4.74 Å². The topological polar surface area (TPSA) is 43.4 Å². The van der Waals surface area contributed by atoms with Gasteiger partial charge in [0.05, 0.1) is 7.47 Å². The molecular formula is C10H14Br4O3. The third-order valence-electron chi connectivity index (χ3n) is 1.83. The van der Waals surface area contributed by atoms with E-state index in [1.807, 2.05) is 0 Å². The Bertz CT molecular complexity index is 220. The van der Waals surface area contributed by atoms with E-state index >= 15 is 0 Å². The van der Waals surface area contributed by atoms with Crippen LogP contribution in [0, 0.1) is 0 Å². The molecule has 0 radical (unpaired) electrons. The van der Waals surface area contributed by atoms with Crippen molar-refractivity contribution < 1.29 is 14.3 Å². The maximum atomic E-state index is 11.2. The Hall–Kier alpha value is 1.06. The van der Waals surface area contributed by atoms with E-state index in [-0.39, 0.29) is 20.3 Å². The van der Waals surface area contributed by atoms with E-state index in [2.05, 4.69) is 68.5 Å². The Morgan fingerprint density at radius 3 is 1.47 bits per heavy atom. The van der Waals surface area contributed by atoms with E-state index in [4.69, 9.17) is 0 Å². The van der Waals surface area contributed by atoms with Gasteiger partial charge in [-0.05, 0) is 25.7 Å². The highest BCUT2D eigenvalue weighted by molar-refractivity contribution is 9.25. The predicted molar refractivity (Wildman–Crippen MR) is 82.1 cm³/mol. The van der Waals surface area contributed by atoms with Crippen LogP contribution in [0.4, 0.5) is 0 Å². The number of carbonyl (C=O) groups is 2. The third kappa shape index (κ3) is 13.3. The Morgan fingerprint density at radius 1 is 0.824 bits per heavy atom. The van der Waals surface area contributed by atoms with Crippen LogP contribution in [0.5, 0.6) is 0 Å². The molecule has 0 aliphatic carbocycles. The summed E-state index contributed by atoms with van der Waals surface area (Å²) in [6, 6.07) is 0. The zero-order chi connectivity index (χ0) is 13.3. The van der Waals surface area contributed by atoms with Crippen molar-refractivity contribution in [2.45, 2.75) is 46.0 Å². The van der Waals surface area contributed by atoms with Crippen LogP contribution < -0.4 is 0 Å². The molecule has 0 aromatic carbocycles. The summed E-state index contributed by atoms with van der Waals surface area (Å²) in [5.41, 5.74) is 0. The second-order valence-electron chi connectivity index (χ2n) is 3.41. The van der Waals surface area contributed by atoms with Crippen LogP contribution in [-0.4, -0.2) is 19.4 Å². The molecule has 3 nitrogen and oxygen atoms in total. The molecule has 0 atom stereocenters. The molecule has 0 aromatic heterocycles. The molecule has 0 spiro atoms. The molecule has 0 amide bonds. The minimum absolute atomic E-state index is 0.202. The zero-order valence-electron chi connectivity index (χ0n) is 9.13. The molecule has 100 valence electrons. The van der Waals surface area contributed by atoms with Crippen LogP contribution in [0.2, 0.25) is 0 Å². The van der Waals surface area contributed by atoms with E-state index in [1.54, 1.807) is 0 Å². The van der Waals surface area contributed by atoms with Gasteiger partial charge >= 0.3 is 11.9 Å². The van der Waals surface area contributed by atoms with Crippen molar-refractivity contribution in [1.82, 2.24) is 0 Å². The van der Waals surface area contributed by atoms with Crippen LogP contribution in [0.25, 0.3) is 0 Å². The molecule has 0 bridgehead atoms. The lowest BCUT2D eigenvalue weighted by atomic mass is 10.2. The molecule has 0 heterocycles. The monoisotopic (exact) mass is 498 g/mol. The SMILES string of the molecule is O=C(CCCC(Br)Br)OC(=O)CCCC(Br)Br. The highest BCUT2D eigenvalue weighted by atomic mass is 79.9. The highest BCUT2D eigenvalue weighted by Gasteiger charge is 2.11. The first-order chi connectivity index (χ1) is 7.91. The summed E-state index contributed by atoms with van der Waals surface area (Å²) in [6.45, 7) is 0. The number of esters is 2. The molecular weight excluding hydrogens is 488 g/mol. The Balaban J connectivity index is 3.56. The van der Waals surface area contributed by atoms with Gasteiger partial charge in [0.2, 0.25) is 0 Å². The molecule has 0 aliphatic rings. The predicted octanol–water partition coefficient (Wildman–Crippen LogP) is 4.63. The number of hydrogen-bond donors (Lipinski definition) is 0. The molecule has 0 aromatic rings. The number of alkyl halides is 4. The molecule has 7 heteroatoms. The van der Waals surface area contributed by atoms with Crippen molar-refractivity contribution in [3.8, 4) is 0 Å². The number of rotatable bonds is 8. The third-order valence-corrected chi connectivity index (χ3v) is 3.67. The van der Waals surface area contributed by atoms with Gasteiger partial charge in [-0.25, -0.2) is 0 Å². The van der Waals surface area contributed by atoms with Crippen molar-refractivity contribution in [2.75, 3.05) is 0 Å². The standard InChI is InChI=1S/C10H14Br4O3/c11-7(12)3-1-5-9(15)17-10(16)6-2-4-8(13)14/h7-8H,1-6H2. The van der Waals surface area contributed by atoms with Gasteiger partial charge in [-0.1, -0.05) is 63.7 Å². The molecule has 0 rings (SSSR count). The second kappa shape index (κ2) is 10.9. The first-order valence-electron chi connectivity index (χ1n) is 5.21. The summed E-state index contributed by atoms with van der Waals surface area (Å²) < 4.78 is 5.08. The summed E-state index contributed by atoms with van der Waals surface area (Å²) in [6.07, 6.45) is 3.57.